The van der Waals surface area contributed by atoms with E-state index in [-0.39, 0.29) is 5.82 Å². The molecule has 0 spiro atoms. The van der Waals surface area contributed by atoms with Crippen LogP contribution in [0.1, 0.15) is 5.56 Å². The first-order valence-electron chi connectivity index (χ1n) is 8.22. The summed E-state index contributed by atoms with van der Waals surface area (Å²) < 4.78 is 15.8. The van der Waals surface area contributed by atoms with E-state index in [9.17, 15) is 4.39 Å². The van der Waals surface area contributed by atoms with Crippen LogP contribution in [0, 0.1) is 5.82 Å². The number of thioether (sulfide) groups is 1. The fourth-order valence-corrected chi connectivity index (χ4v) is 4.72. The maximum absolute atomic E-state index is 13.9. The van der Waals surface area contributed by atoms with Crippen molar-refractivity contribution in [3.63, 3.8) is 0 Å². The number of thiophene rings is 1. The molecule has 3 heterocycles. The fraction of sp³-hybridized carbons (Fsp3) is 0.105. The number of allylic oxidation sites excluding steroid dienone is 1. The number of anilines is 1. The molecule has 0 unspecified atom stereocenters. The van der Waals surface area contributed by atoms with Crippen molar-refractivity contribution in [2.45, 2.75) is 17.5 Å². The first kappa shape index (κ1) is 17.7. The minimum atomic E-state index is -0.222. The first-order valence-corrected chi connectivity index (χ1v) is 10.0. The Hall–Kier alpha value is -2.71. The van der Waals surface area contributed by atoms with Gasteiger partial charge in [0.25, 0.3) is 0 Å². The van der Waals surface area contributed by atoms with E-state index >= 15 is 0 Å². The van der Waals surface area contributed by atoms with Crippen LogP contribution in [-0.2, 0) is 12.3 Å². The summed E-state index contributed by atoms with van der Waals surface area (Å²) in [6.45, 7) is 4.35. The predicted octanol–water partition coefficient (Wildman–Crippen LogP) is 4.75. The van der Waals surface area contributed by atoms with E-state index in [2.05, 4.69) is 21.8 Å². The van der Waals surface area contributed by atoms with Crippen molar-refractivity contribution in [1.82, 2.24) is 19.7 Å². The molecule has 0 aliphatic carbocycles. The van der Waals surface area contributed by atoms with E-state index in [0.29, 0.717) is 34.5 Å². The molecular formula is C19H16FN5S2. The second-order valence-electron chi connectivity index (χ2n) is 5.79. The normalized spacial score (nSPS) is 11.1. The van der Waals surface area contributed by atoms with Crippen molar-refractivity contribution < 1.29 is 4.39 Å². The molecule has 1 aromatic carbocycles. The molecule has 4 aromatic rings. The van der Waals surface area contributed by atoms with Gasteiger partial charge in [-0.15, -0.1) is 28.1 Å². The lowest BCUT2D eigenvalue weighted by Crippen LogP contribution is -2.01. The summed E-state index contributed by atoms with van der Waals surface area (Å²) in [7, 11) is 0. The molecule has 4 rings (SSSR count). The molecule has 5 nitrogen and oxygen atoms in total. The fourth-order valence-electron chi connectivity index (χ4n) is 2.73. The molecule has 0 radical (unpaired) electrons. The highest BCUT2D eigenvalue weighted by molar-refractivity contribution is 7.98. The standard InChI is InChI=1S/C19H16FN5S2/c1-2-10-25-17(16-15(21)13-7-5-9-22-18(13)27-16)23-24-19(25)26-11-12-6-3-4-8-14(12)20/h2-9H,1,10-11,21H2. The minimum absolute atomic E-state index is 0.222. The third-order valence-electron chi connectivity index (χ3n) is 4.05. The van der Waals surface area contributed by atoms with Crippen LogP contribution in [0.15, 0.2) is 60.4 Å². The Morgan fingerprint density at radius 2 is 2.07 bits per heavy atom. The number of hydrogen-bond donors (Lipinski definition) is 1. The Labute approximate surface area is 163 Å². The lowest BCUT2D eigenvalue weighted by Gasteiger charge is -2.07. The average Bonchev–Trinajstić information content (AvgIpc) is 3.23. The number of pyridine rings is 1. The Kier molecular flexibility index (Phi) is 4.91. The minimum Gasteiger partial charge on any atom is -0.397 e. The zero-order valence-electron chi connectivity index (χ0n) is 14.3. The highest BCUT2D eigenvalue weighted by Crippen LogP contribution is 2.40. The Morgan fingerprint density at radius 3 is 2.85 bits per heavy atom. The number of hydrogen-bond acceptors (Lipinski definition) is 6. The summed E-state index contributed by atoms with van der Waals surface area (Å²) in [5, 5.41) is 10.3. The van der Waals surface area contributed by atoms with Gasteiger partial charge < -0.3 is 5.73 Å². The Bertz CT molecular complexity index is 1120. The Morgan fingerprint density at radius 1 is 1.22 bits per heavy atom. The average molecular weight is 398 g/mol. The van der Waals surface area contributed by atoms with Crippen molar-refractivity contribution in [3.8, 4) is 10.7 Å². The molecule has 0 amide bonds. The summed E-state index contributed by atoms with van der Waals surface area (Å²) in [5.41, 5.74) is 7.61. The van der Waals surface area contributed by atoms with Crippen molar-refractivity contribution in [1.29, 1.82) is 0 Å². The van der Waals surface area contributed by atoms with Crippen molar-refractivity contribution in [2.75, 3.05) is 5.73 Å². The second kappa shape index (κ2) is 7.50. The molecule has 0 bridgehead atoms. The van der Waals surface area contributed by atoms with Gasteiger partial charge >= 0.3 is 0 Å². The summed E-state index contributed by atoms with van der Waals surface area (Å²) >= 11 is 2.92. The third kappa shape index (κ3) is 3.33. The first-order chi connectivity index (χ1) is 13.2. The lowest BCUT2D eigenvalue weighted by molar-refractivity contribution is 0.617. The zero-order chi connectivity index (χ0) is 18.8. The Balaban J connectivity index is 1.71. The molecule has 0 fully saturated rings. The largest absolute Gasteiger partial charge is 0.397 e. The van der Waals surface area contributed by atoms with E-state index < -0.39 is 0 Å². The van der Waals surface area contributed by atoms with Crippen LogP contribution in [0.25, 0.3) is 20.9 Å². The quantitative estimate of drug-likeness (QED) is 0.375. The van der Waals surface area contributed by atoms with Crippen molar-refractivity contribution in [2.24, 2.45) is 0 Å². The van der Waals surface area contributed by atoms with Crippen molar-refractivity contribution in [3.05, 3.63) is 66.6 Å². The molecular weight excluding hydrogens is 381 g/mol. The second-order valence-corrected chi connectivity index (χ2v) is 7.73. The van der Waals surface area contributed by atoms with Crippen LogP contribution in [0.2, 0.25) is 0 Å². The topological polar surface area (TPSA) is 69.6 Å². The highest BCUT2D eigenvalue weighted by atomic mass is 32.2. The molecule has 8 heteroatoms. The molecule has 3 aromatic heterocycles. The maximum atomic E-state index is 13.9. The molecule has 0 saturated carbocycles. The van der Waals surface area contributed by atoms with Gasteiger partial charge in [-0.2, -0.15) is 0 Å². The number of nitrogen functional groups attached to an aromatic ring is 1. The van der Waals surface area contributed by atoms with Crippen LogP contribution < -0.4 is 5.73 Å². The summed E-state index contributed by atoms with van der Waals surface area (Å²) in [4.78, 5) is 6.06. The number of nitrogens with two attached hydrogens (primary N) is 1. The van der Waals surface area contributed by atoms with E-state index in [0.717, 1.165) is 15.1 Å². The molecule has 0 aliphatic heterocycles. The number of nitrogens with zero attached hydrogens (tertiary/aromatic N) is 4. The van der Waals surface area contributed by atoms with Crippen molar-refractivity contribution >= 4 is 39.0 Å². The van der Waals surface area contributed by atoms with Gasteiger partial charge in [0.2, 0.25) is 0 Å². The number of benzene rings is 1. The molecule has 27 heavy (non-hydrogen) atoms. The summed E-state index contributed by atoms with van der Waals surface area (Å²) in [6.07, 6.45) is 3.52. The number of aromatic nitrogens is 4. The van der Waals surface area contributed by atoms with Crippen LogP contribution >= 0.6 is 23.1 Å². The number of rotatable bonds is 6. The van der Waals surface area contributed by atoms with Gasteiger partial charge in [-0.1, -0.05) is 36.0 Å². The lowest BCUT2D eigenvalue weighted by atomic mass is 10.2. The van der Waals surface area contributed by atoms with Gasteiger partial charge in [-0.05, 0) is 23.8 Å². The molecule has 2 N–H and O–H groups in total. The van der Waals surface area contributed by atoms with Crippen LogP contribution in [-0.4, -0.2) is 19.7 Å². The number of halogens is 1. The highest BCUT2D eigenvalue weighted by Gasteiger charge is 2.20. The van der Waals surface area contributed by atoms with E-state index in [1.807, 2.05) is 22.8 Å². The van der Waals surface area contributed by atoms with Gasteiger partial charge in [0.15, 0.2) is 11.0 Å². The van der Waals surface area contributed by atoms with Gasteiger partial charge in [-0.3, -0.25) is 4.57 Å². The summed E-state index contributed by atoms with van der Waals surface area (Å²) in [6, 6.07) is 10.5. The summed E-state index contributed by atoms with van der Waals surface area (Å²) in [5.74, 6) is 0.914. The van der Waals surface area contributed by atoms with Gasteiger partial charge in [0.1, 0.15) is 10.6 Å². The number of fused-ring (bicyclic) bond motifs is 1. The van der Waals surface area contributed by atoms with Crippen LogP contribution in [0.3, 0.4) is 0 Å². The molecule has 0 saturated heterocycles. The van der Waals surface area contributed by atoms with Gasteiger partial charge in [-0.25, -0.2) is 9.37 Å². The van der Waals surface area contributed by atoms with E-state index in [1.54, 1.807) is 24.4 Å². The maximum Gasteiger partial charge on any atom is 0.192 e. The zero-order valence-corrected chi connectivity index (χ0v) is 15.9. The molecule has 0 atom stereocenters. The predicted molar refractivity (Wildman–Crippen MR) is 109 cm³/mol. The molecule has 0 aliphatic rings. The third-order valence-corrected chi connectivity index (χ3v) is 6.19. The van der Waals surface area contributed by atoms with Gasteiger partial charge in [0, 0.05) is 23.9 Å². The van der Waals surface area contributed by atoms with Crippen LogP contribution in [0.5, 0.6) is 0 Å². The SMILES string of the molecule is C=CCn1c(SCc2ccccc2F)nnc1-c1sc2ncccc2c1N. The monoisotopic (exact) mass is 397 g/mol. The van der Waals surface area contributed by atoms with E-state index in [1.165, 1.54) is 29.2 Å². The molecule has 136 valence electrons. The smallest absolute Gasteiger partial charge is 0.192 e. The van der Waals surface area contributed by atoms with Gasteiger partial charge in [0.05, 0.1) is 10.6 Å². The van der Waals surface area contributed by atoms with E-state index in [4.69, 9.17) is 5.73 Å². The van der Waals surface area contributed by atoms with Crippen LogP contribution in [0.4, 0.5) is 10.1 Å².